The number of carboxylic acid groups (broad SMARTS) is 1. The van der Waals surface area contributed by atoms with E-state index < -0.39 is 11.2 Å². The smallest absolute Gasteiger partial charge is 0.340 e. The van der Waals surface area contributed by atoms with Gasteiger partial charge in [-0.15, -0.1) is 0 Å². The number of carbonyl (C=O) groups excluding carboxylic acids is 1. The zero-order valence-corrected chi connectivity index (χ0v) is 14.0. The molecule has 0 bridgehead atoms. The average molecular weight is 311 g/mol. The number of aryl methyl sites for hydroxylation is 2. The molecule has 1 unspecified atom stereocenters. The minimum Gasteiger partial charge on any atom is -0.478 e. The highest BCUT2D eigenvalue weighted by Gasteiger charge is 2.24. The second-order valence-corrected chi connectivity index (χ2v) is 7.17. The Kier molecular flexibility index (Phi) is 5.33. The van der Waals surface area contributed by atoms with Crippen LogP contribution in [0.2, 0.25) is 0 Å². The lowest BCUT2D eigenvalue weighted by Crippen LogP contribution is -2.44. The SMILES string of the molecule is Cc1nc(C)c(C(=O)O)c(SC(C)C(=O)NC(C)(C)C)n1. The van der Waals surface area contributed by atoms with Crippen LogP contribution >= 0.6 is 11.8 Å². The maximum absolute atomic E-state index is 12.1. The van der Waals surface area contributed by atoms with Crippen molar-refractivity contribution < 1.29 is 14.7 Å². The Bertz CT molecular complexity index is 567. The normalized spacial score (nSPS) is 12.9. The molecule has 0 aliphatic heterocycles. The molecule has 116 valence electrons. The summed E-state index contributed by atoms with van der Waals surface area (Å²) in [7, 11) is 0. The molecule has 21 heavy (non-hydrogen) atoms. The zero-order chi connectivity index (χ0) is 16.4. The molecule has 1 aromatic heterocycles. The zero-order valence-electron chi connectivity index (χ0n) is 13.1. The van der Waals surface area contributed by atoms with E-state index >= 15 is 0 Å². The van der Waals surface area contributed by atoms with Crippen LogP contribution in [0.3, 0.4) is 0 Å². The molecule has 1 heterocycles. The van der Waals surface area contributed by atoms with Crippen LogP contribution in [0.25, 0.3) is 0 Å². The molecule has 6 nitrogen and oxygen atoms in total. The predicted molar refractivity (Wildman–Crippen MR) is 81.7 cm³/mol. The van der Waals surface area contributed by atoms with Crippen LogP contribution in [0.1, 0.15) is 49.6 Å². The van der Waals surface area contributed by atoms with Gasteiger partial charge in [0, 0.05) is 5.54 Å². The molecule has 1 rings (SSSR count). The minimum atomic E-state index is -1.08. The Balaban J connectivity index is 3.02. The molecule has 0 aliphatic rings. The van der Waals surface area contributed by atoms with Crippen LogP contribution in [0, 0.1) is 13.8 Å². The molecule has 1 amide bonds. The molecule has 0 radical (unpaired) electrons. The summed E-state index contributed by atoms with van der Waals surface area (Å²) in [5, 5.41) is 12.0. The standard InChI is InChI=1S/C14H21N3O3S/c1-7-10(13(19)20)12(16-9(3)15-7)21-8(2)11(18)17-14(4,5)6/h8H,1-6H3,(H,17,18)(H,19,20). The third-order valence-corrected chi connectivity index (χ3v) is 3.62. The van der Waals surface area contributed by atoms with E-state index in [0.717, 1.165) is 11.8 Å². The number of hydrogen-bond acceptors (Lipinski definition) is 5. The second-order valence-electron chi connectivity index (χ2n) is 5.84. The molecule has 2 N–H and O–H groups in total. The summed E-state index contributed by atoms with van der Waals surface area (Å²) in [5.41, 5.74) is 0.126. The second kappa shape index (κ2) is 6.43. The third kappa shape index (κ3) is 5.00. The van der Waals surface area contributed by atoms with Crippen LogP contribution in [0.5, 0.6) is 0 Å². The summed E-state index contributed by atoms with van der Waals surface area (Å²) >= 11 is 1.13. The highest BCUT2D eigenvalue weighted by Crippen LogP contribution is 2.27. The van der Waals surface area contributed by atoms with Crippen molar-refractivity contribution in [1.82, 2.24) is 15.3 Å². The Morgan fingerprint density at radius 3 is 2.29 bits per heavy atom. The first-order valence-corrected chi connectivity index (χ1v) is 7.46. The summed E-state index contributed by atoms with van der Waals surface area (Å²) in [5.74, 6) is -0.750. The van der Waals surface area contributed by atoms with Crippen LogP contribution in [0.15, 0.2) is 5.03 Å². The van der Waals surface area contributed by atoms with Gasteiger partial charge in [0.1, 0.15) is 16.4 Å². The van der Waals surface area contributed by atoms with Crippen LogP contribution in [-0.4, -0.2) is 37.7 Å². The van der Waals surface area contributed by atoms with Crippen molar-refractivity contribution in [2.45, 2.75) is 57.4 Å². The average Bonchev–Trinajstić information content (AvgIpc) is 2.24. The fourth-order valence-electron chi connectivity index (χ4n) is 1.70. The predicted octanol–water partition coefficient (Wildman–Crippen LogP) is 2.19. The van der Waals surface area contributed by atoms with Gasteiger partial charge in [-0.05, 0) is 41.5 Å². The van der Waals surface area contributed by atoms with E-state index in [1.165, 1.54) is 0 Å². The molecule has 0 spiro atoms. The number of nitrogens with one attached hydrogen (secondary N) is 1. The van der Waals surface area contributed by atoms with Gasteiger partial charge < -0.3 is 10.4 Å². The fourth-order valence-corrected chi connectivity index (χ4v) is 2.74. The Morgan fingerprint density at radius 1 is 1.24 bits per heavy atom. The van der Waals surface area contributed by atoms with Gasteiger partial charge in [0.25, 0.3) is 0 Å². The number of carboxylic acids is 1. The lowest BCUT2D eigenvalue weighted by atomic mass is 10.1. The fraction of sp³-hybridized carbons (Fsp3) is 0.571. The lowest BCUT2D eigenvalue weighted by molar-refractivity contribution is -0.121. The molecule has 0 fully saturated rings. The van der Waals surface area contributed by atoms with Gasteiger partial charge in [0.05, 0.1) is 10.9 Å². The number of thioether (sulfide) groups is 1. The van der Waals surface area contributed by atoms with Gasteiger partial charge in [0.15, 0.2) is 0 Å². The molecule has 0 aromatic carbocycles. The summed E-state index contributed by atoms with van der Waals surface area (Å²) in [6.07, 6.45) is 0. The third-order valence-electron chi connectivity index (χ3n) is 2.54. The number of rotatable bonds is 4. The molecular formula is C14H21N3O3S. The molecule has 0 saturated carbocycles. The van der Waals surface area contributed by atoms with Crippen molar-refractivity contribution in [2.75, 3.05) is 0 Å². The number of aromatic nitrogens is 2. The van der Waals surface area contributed by atoms with E-state index in [0.29, 0.717) is 16.5 Å². The number of hydrogen-bond donors (Lipinski definition) is 2. The summed E-state index contributed by atoms with van der Waals surface area (Å²) in [6, 6.07) is 0. The van der Waals surface area contributed by atoms with E-state index in [1.807, 2.05) is 20.8 Å². The molecule has 0 aliphatic carbocycles. The first kappa shape index (κ1) is 17.4. The summed E-state index contributed by atoms with van der Waals surface area (Å²) in [4.78, 5) is 31.7. The van der Waals surface area contributed by atoms with Crippen molar-refractivity contribution in [3.8, 4) is 0 Å². The maximum Gasteiger partial charge on any atom is 0.340 e. The van der Waals surface area contributed by atoms with Crippen molar-refractivity contribution in [3.05, 3.63) is 17.1 Å². The van der Waals surface area contributed by atoms with E-state index in [2.05, 4.69) is 15.3 Å². The van der Waals surface area contributed by atoms with Crippen LogP contribution in [-0.2, 0) is 4.79 Å². The van der Waals surface area contributed by atoms with Crippen molar-refractivity contribution >= 4 is 23.6 Å². The van der Waals surface area contributed by atoms with Crippen LogP contribution in [0.4, 0.5) is 0 Å². The van der Waals surface area contributed by atoms with E-state index in [4.69, 9.17) is 0 Å². The number of aromatic carboxylic acids is 1. The van der Waals surface area contributed by atoms with Gasteiger partial charge in [0.2, 0.25) is 5.91 Å². The Morgan fingerprint density at radius 2 is 1.81 bits per heavy atom. The molecule has 7 heteroatoms. The lowest BCUT2D eigenvalue weighted by Gasteiger charge is -2.23. The highest BCUT2D eigenvalue weighted by atomic mass is 32.2. The number of carbonyl (C=O) groups is 2. The van der Waals surface area contributed by atoms with Gasteiger partial charge >= 0.3 is 5.97 Å². The molecular weight excluding hydrogens is 290 g/mol. The van der Waals surface area contributed by atoms with Crippen LogP contribution < -0.4 is 5.32 Å². The number of amides is 1. The topological polar surface area (TPSA) is 92.2 Å². The van der Waals surface area contributed by atoms with Crippen molar-refractivity contribution in [2.24, 2.45) is 0 Å². The monoisotopic (exact) mass is 311 g/mol. The Hall–Kier alpha value is -1.63. The quantitative estimate of drug-likeness (QED) is 0.654. The first-order chi connectivity index (χ1) is 9.51. The first-order valence-electron chi connectivity index (χ1n) is 6.58. The minimum absolute atomic E-state index is 0.0565. The van der Waals surface area contributed by atoms with Gasteiger partial charge in [-0.2, -0.15) is 0 Å². The summed E-state index contributed by atoms with van der Waals surface area (Å²) < 4.78 is 0. The van der Waals surface area contributed by atoms with E-state index in [9.17, 15) is 14.7 Å². The maximum atomic E-state index is 12.1. The van der Waals surface area contributed by atoms with Gasteiger partial charge in [-0.1, -0.05) is 11.8 Å². The molecule has 0 saturated heterocycles. The largest absolute Gasteiger partial charge is 0.478 e. The van der Waals surface area contributed by atoms with Gasteiger partial charge in [-0.3, -0.25) is 4.79 Å². The molecule has 1 aromatic rings. The van der Waals surface area contributed by atoms with Gasteiger partial charge in [-0.25, -0.2) is 14.8 Å². The highest BCUT2D eigenvalue weighted by molar-refractivity contribution is 8.00. The Labute approximate surface area is 128 Å². The number of nitrogens with zero attached hydrogens (tertiary/aromatic N) is 2. The summed E-state index contributed by atoms with van der Waals surface area (Å²) in [6.45, 7) is 10.7. The van der Waals surface area contributed by atoms with Crippen molar-refractivity contribution in [3.63, 3.8) is 0 Å². The van der Waals surface area contributed by atoms with Crippen molar-refractivity contribution in [1.29, 1.82) is 0 Å². The van der Waals surface area contributed by atoms with E-state index in [-0.39, 0.29) is 17.0 Å². The molecule has 1 atom stereocenters. The van der Waals surface area contributed by atoms with E-state index in [1.54, 1.807) is 20.8 Å².